The van der Waals surface area contributed by atoms with Crippen molar-refractivity contribution in [3.63, 3.8) is 0 Å². The zero-order valence-corrected chi connectivity index (χ0v) is 13.3. The highest BCUT2D eigenvalue weighted by Crippen LogP contribution is 2.29. The van der Waals surface area contributed by atoms with Crippen molar-refractivity contribution in [2.45, 2.75) is 51.1 Å². The summed E-state index contributed by atoms with van der Waals surface area (Å²) in [6, 6.07) is 5.41. The van der Waals surface area contributed by atoms with Gasteiger partial charge in [0.2, 0.25) is 10.0 Å². The molecule has 1 aromatic rings. The molecule has 0 radical (unpaired) electrons. The van der Waals surface area contributed by atoms with Crippen LogP contribution in [0.25, 0.3) is 0 Å². The Morgan fingerprint density at radius 3 is 2.50 bits per heavy atom. The zero-order valence-electron chi connectivity index (χ0n) is 12.5. The van der Waals surface area contributed by atoms with Crippen molar-refractivity contribution >= 4 is 10.0 Å². The molecule has 1 aromatic carbocycles. The molecule has 20 heavy (non-hydrogen) atoms. The normalized spacial score (nSPS) is 24.2. The first kappa shape index (κ1) is 15.5. The van der Waals surface area contributed by atoms with Crippen molar-refractivity contribution in [1.82, 2.24) is 4.31 Å². The molecule has 0 bridgehead atoms. The van der Waals surface area contributed by atoms with Gasteiger partial charge in [-0.15, -0.1) is 0 Å². The summed E-state index contributed by atoms with van der Waals surface area (Å²) in [6.45, 7) is 7.10. The van der Waals surface area contributed by atoms with E-state index in [1.165, 1.54) is 0 Å². The molecule has 0 aromatic heterocycles. The Kier molecular flexibility index (Phi) is 4.52. The largest absolute Gasteiger partial charge is 0.326 e. The van der Waals surface area contributed by atoms with Crippen molar-refractivity contribution in [2.75, 3.05) is 6.54 Å². The molecule has 1 aliphatic heterocycles. The first-order chi connectivity index (χ1) is 9.40. The summed E-state index contributed by atoms with van der Waals surface area (Å²) in [6.07, 6.45) is 1.79. The Labute approximate surface area is 122 Å². The second-order valence-corrected chi connectivity index (χ2v) is 7.64. The minimum atomic E-state index is -3.40. The standard InChI is InChI=1S/C15H24N2O2S/c1-4-13-5-6-15(8-14(13)9-16)20(18,19)17-10-11(2)7-12(17)3/h5-6,8,11-12H,4,7,9-10,16H2,1-3H3. The van der Waals surface area contributed by atoms with E-state index in [-0.39, 0.29) is 6.04 Å². The molecule has 1 fully saturated rings. The molecule has 0 spiro atoms. The van der Waals surface area contributed by atoms with Crippen LogP contribution in [0.2, 0.25) is 0 Å². The Bertz CT molecular complexity index is 584. The molecule has 0 amide bonds. The van der Waals surface area contributed by atoms with Crippen LogP contribution in [0.4, 0.5) is 0 Å². The van der Waals surface area contributed by atoms with Crippen LogP contribution in [0.3, 0.4) is 0 Å². The molecule has 112 valence electrons. The molecule has 2 rings (SSSR count). The van der Waals surface area contributed by atoms with Crippen molar-refractivity contribution in [1.29, 1.82) is 0 Å². The first-order valence-electron chi connectivity index (χ1n) is 7.23. The van der Waals surface area contributed by atoms with Gasteiger partial charge in [0.05, 0.1) is 4.90 Å². The summed E-state index contributed by atoms with van der Waals surface area (Å²) in [5.74, 6) is 0.420. The molecule has 2 unspecified atom stereocenters. The van der Waals surface area contributed by atoms with Crippen molar-refractivity contribution in [3.05, 3.63) is 29.3 Å². The third kappa shape index (κ3) is 2.75. The Hall–Kier alpha value is -0.910. The highest BCUT2D eigenvalue weighted by atomic mass is 32.2. The maximum atomic E-state index is 12.7. The topological polar surface area (TPSA) is 63.4 Å². The lowest BCUT2D eigenvalue weighted by Crippen LogP contribution is -2.34. The lowest BCUT2D eigenvalue weighted by Gasteiger charge is -2.21. The van der Waals surface area contributed by atoms with Gasteiger partial charge in [-0.1, -0.05) is 19.9 Å². The van der Waals surface area contributed by atoms with Gasteiger partial charge in [0.15, 0.2) is 0 Å². The van der Waals surface area contributed by atoms with Gasteiger partial charge in [-0.25, -0.2) is 8.42 Å². The Morgan fingerprint density at radius 2 is 2.00 bits per heavy atom. The van der Waals surface area contributed by atoms with E-state index in [0.29, 0.717) is 23.9 Å². The summed E-state index contributed by atoms with van der Waals surface area (Å²) >= 11 is 0. The predicted octanol–water partition coefficient (Wildman–Crippen LogP) is 2.13. The van der Waals surface area contributed by atoms with Gasteiger partial charge in [0, 0.05) is 19.1 Å². The van der Waals surface area contributed by atoms with Gasteiger partial charge in [-0.2, -0.15) is 4.31 Å². The van der Waals surface area contributed by atoms with Crippen molar-refractivity contribution in [2.24, 2.45) is 11.7 Å². The summed E-state index contributed by atoms with van der Waals surface area (Å²) in [5, 5.41) is 0. The quantitative estimate of drug-likeness (QED) is 0.925. The second kappa shape index (κ2) is 5.84. The van der Waals surface area contributed by atoms with E-state index in [1.54, 1.807) is 16.4 Å². The molecule has 4 nitrogen and oxygen atoms in total. The Balaban J connectivity index is 2.39. The number of aryl methyl sites for hydroxylation is 1. The molecule has 2 atom stereocenters. The molecule has 1 aliphatic rings. The van der Waals surface area contributed by atoms with Gasteiger partial charge in [-0.05, 0) is 48.9 Å². The predicted molar refractivity (Wildman–Crippen MR) is 80.8 cm³/mol. The number of benzene rings is 1. The molecular weight excluding hydrogens is 272 g/mol. The molecule has 1 heterocycles. The van der Waals surface area contributed by atoms with Gasteiger partial charge in [-0.3, -0.25) is 0 Å². The lowest BCUT2D eigenvalue weighted by molar-refractivity contribution is 0.405. The van der Waals surface area contributed by atoms with Crippen LogP contribution < -0.4 is 5.73 Å². The van der Waals surface area contributed by atoms with Crippen LogP contribution >= 0.6 is 0 Å². The first-order valence-corrected chi connectivity index (χ1v) is 8.67. The number of nitrogens with two attached hydrogens (primary N) is 1. The number of hydrogen-bond acceptors (Lipinski definition) is 3. The molecule has 0 saturated carbocycles. The Morgan fingerprint density at radius 1 is 1.30 bits per heavy atom. The minimum absolute atomic E-state index is 0.0715. The SMILES string of the molecule is CCc1ccc(S(=O)(=O)N2CC(C)CC2C)cc1CN. The summed E-state index contributed by atoms with van der Waals surface area (Å²) in [4.78, 5) is 0.371. The third-order valence-corrected chi connectivity index (χ3v) is 6.09. The van der Waals surface area contributed by atoms with Crippen LogP contribution in [-0.4, -0.2) is 25.3 Å². The van der Waals surface area contributed by atoms with Crippen molar-refractivity contribution in [3.8, 4) is 0 Å². The molecule has 1 saturated heterocycles. The minimum Gasteiger partial charge on any atom is -0.326 e. The lowest BCUT2D eigenvalue weighted by atomic mass is 10.1. The monoisotopic (exact) mass is 296 g/mol. The average molecular weight is 296 g/mol. The number of hydrogen-bond donors (Lipinski definition) is 1. The fourth-order valence-electron chi connectivity index (χ4n) is 3.03. The van der Waals surface area contributed by atoms with Crippen LogP contribution in [0.1, 0.15) is 38.3 Å². The number of rotatable bonds is 4. The third-order valence-electron chi connectivity index (χ3n) is 4.11. The summed E-state index contributed by atoms with van der Waals surface area (Å²) < 4.78 is 27.1. The van der Waals surface area contributed by atoms with E-state index in [9.17, 15) is 8.42 Å². The molecular formula is C15H24N2O2S. The van der Waals surface area contributed by atoms with E-state index in [1.807, 2.05) is 19.9 Å². The molecule has 2 N–H and O–H groups in total. The van der Waals surface area contributed by atoms with E-state index in [0.717, 1.165) is 24.0 Å². The summed E-state index contributed by atoms with van der Waals surface area (Å²) in [7, 11) is -3.40. The maximum Gasteiger partial charge on any atom is 0.243 e. The van der Waals surface area contributed by atoms with E-state index >= 15 is 0 Å². The average Bonchev–Trinajstić information content (AvgIpc) is 2.77. The van der Waals surface area contributed by atoms with Crippen LogP contribution in [0.5, 0.6) is 0 Å². The fourth-order valence-corrected chi connectivity index (χ4v) is 4.84. The highest BCUT2D eigenvalue weighted by Gasteiger charge is 2.36. The summed E-state index contributed by atoms with van der Waals surface area (Å²) in [5.41, 5.74) is 7.78. The van der Waals surface area contributed by atoms with Gasteiger partial charge in [0.25, 0.3) is 0 Å². The van der Waals surface area contributed by atoms with Crippen molar-refractivity contribution < 1.29 is 8.42 Å². The second-order valence-electron chi connectivity index (χ2n) is 5.75. The molecule has 0 aliphatic carbocycles. The fraction of sp³-hybridized carbons (Fsp3) is 0.600. The highest BCUT2D eigenvalue weighted by molar-refractivity contribution is 7.89. The van der Waals surface area contributed by atoms with Crippen LogP contribution in [0.15, 0.2) is 23.1 Å². The van der Waals surface area contributed by atoms with Gasteiger partial charge >= 0.3 is 0 Å². The number of nitrogens with zero attached hydrogens (tertiary/aromatic N) is 1. The number of sulfonamides is 1. The maximum absolute atomic E-state index is 12.7. The molecule has 5 heteroatoms. The van der Waals surface area contributed by atoms with E-state index < -0.39 is 10.0 Å². The van der Waals surface area contributed by atoms with Crippen LogP contribution in [0, 0.1) is 5.92 Å². The van der Waals surface area contributed by atoms with Gasteiger partial charge in [0.1, 0.15) is 0 Å². The van der Waals surface area contributed by atoms with Crippen LogP contribution in [-0.2, 0) is 23.0 Å². The van der Waals surface area contributed by atoms with E-state index in [2.05, 4.69) is 6.92 Å². The van der Waals surface area contributed by atoms with Gasteiger partial charge < -0.3 is 5.73 Å². The zero-order chi connectivity index (χ0) is 14.9. The smallest absolute Gasteiger partial charge is 0.243 e. The van der Waals surface area contributed by atoms with E-state index in [4.69, 9.17) is 5.73 Å².